The van der Waals surface area contributed by atoms with Crippen molar-refractivity contribution in [3.8, 4) is 0 Å². The molecule has 146 valence electrons. The van der Waals surface area contributed by atoms with Crippen molar-refractivity contribution in [1.82, 2.24) is 15.5 Å². The number of benzene rings is 1. The summed E-state index contributed by atoms with van der Waals surface area (Å²) in [6, 6.07) is 9.76. The van der Waals surface area contributed by atoms with Gasteiger partial charge in [-0.05, 0) is 53.3 Å². The predicted octanol–water partition coefficient (Wildman–Crippen LogP) is 2.58. The molecule has 2 amide bonds. The van der Waals surface area contributed by atoms with Crippen LogP contribution in [0.4, 0.5) is 4.79 Å². The summed E-state index contributed by atoms with van der Waals surface area (Å²) in [5.41, 5.74) is 0.562. The van der Waals surface area contributed by atoms with Crippen molar-refractivity contribution in [3.63, 3.8) is 0 Å². The van der Waals surface area contributed by atoms with Crippen LogP contribution in [0, 0.1) is 0 Å². The summed E-state index contributed by atoms with van der Waals surface area (Å²) in [7, 11) is 3.93. The van der Waals surface area contributed by atoms with Gasteiger partial charge in [0.1, 0.15) is 5.60 Å². The fourth-order valence-corrected chi connectivity index (χ4v) is 2.41. The first kappa shape index (κ1) is 22.0. The van der Waals surface area contributed by atoms with Crippen LogP contribution in [0.3, 0.4) is 0 Å². The summed E-state index contributed by atoms with van der Waals surface area (Å²) in [5.74, 6) is -0.00380. The highest BCUT2D eigenvalue weighted by Crippen LogP contribution is 2.11. The van der Waals surface area contributed by atoms with Gasteiger partial charge in [-0.15, -0.1) is 0 Å². The van der Waals surface area contributed by atoms with E-state index in [2.05, 4.69) is 10.6 Å². The second-order valence-corrected chi connectivity index (χ2v) is 7.72. The molecule has 2 N–H and O–H groups in total. The SMILES string of the molecule is CN(C)CCNC(=O)CC[C@H](Cc1ccccc1)NC(=O)OC(C)(C)C. The number of alkyl carbamates (subject to hydrolysis) is 1. The highest BCUT2D eigenvalue weighted by Gasteiger charge is 2.20. The standard InChI is InChI=1S/C20H33N3O3/c1-20(2,3)26-19(25)22-17(15-16-9-7-6-8-10-16)11-12-18(24)21-13-14-23(4)5/h6-10,17H,11-15H2,1-5H3,(H,21,24)(H,22,25)/t17-/m1/s1. The molecule has 1 atom stereocenters. The van der Waals surface area contributed by atoms with Gasteiger partial charge in [0.05, 0.1) is 0 Å². The lowest BCUT2D eigenvalue weighted by atomic mass is 10.0. The Labute approximate surface area is 157 Å². The molecule has 0 aliphatic carbocycles. The zero-order valence-electron chi connectivity index (χ0n) is 16.7. The summed E-state index contributed by atoms with van der Waals surface area (Å²) in [6.07, 6.45) is 1.12. The number of hydrogen-bond donors (Lipinski definition) is 2. The summed E-state index contributed by atoms with van der Waals surface area (Å²) >= 11 is 0. The topological polar surface area (TPSA) is 70.7 Å². The first-order chi connectivity index (χ1) is 12.2. The Morgan fingerprint density at radius 1 is 1.15 bits per heavy atom. The van der Waals surface area contributed by atoms with Crippen molar-refractivity contribution in [2.24, 2.45) is 0 Å². The normalized spacial score (nSPS) is 12.5. The third kappa shape index (κ3) is 10.7. The summed E-state index contributed by atoms with van der Waals surface area (Å²) in [6.45, 7) is 6.91. The Morgan fingerprint density at radius 3 is 2.38 bits per heavy atom. The van der Waals surface area contributed by atoms with Crippen molar-refractivity contribution < 1.29 is 14.3 Å². The largest absolute Gasteiger partial charge is 0.444 e. The van der Waals surface area contributed by atoms with Gasteiger partial charge in [0, 0.05) is 25.6 Å². The summed E-state index contributed by atoms with van der Waals surface area (Å²) < 4.78 is 5.35. The van der Waals surface area contributed by atoms with E-state index in [0.29, 0.717) is 25.8 Å². The molecule has 0 aliphatic rings. The molecule has 1 aromatic rings. The maximum Gasteiger partial charge on any atom is 0.407 e. The first-order valence-electron chi connectivity index (χ1n) is 9.10. The fraction of sp³-hybridized carbons (Fsp3) is 0.600. The van der Waals surface area contributed by atoms with E-state index in [4.69, 9.17) is 4.74 Å². The van der Waals surface area contributed by atoms with E-state index in [9.17, 15) is 9.59 Å². The molecule has 0 fully saturated rings. The van der Waals surface area contributed by atoms with Gasteiger partial charge in [0.25, 0.3) is 0 Å². The second kappa shape index (κ2) is 10.8. The Kier molecular flexibility index (Phi) is 9.13. The van der Waals surface area contributed by atoms with Crippen molar-refractivity contribution in [2.75, 3.05) is 27.2 Å². The molecule has 1 aromatic carbocycles. The Bertz CT molecular complexity index is 553. The third-order valence-corrected chi connectivity index (χ3v) is 3.65. The Hall–Kier alpha value is -2.08. The van der Waals surface area contributed by atoms with Crippen LogP contribution in [0.5, 0.6) is 0 Å². The van der Waals surface area contributed by atoms with E-state index < -0.39 is 11.7 Å². The van der Waals surface area contributed by atoms with Gasteiger partial charge in [0.2, 0.25) is 5.91 Å². The molecule has 1 rings (SSSR count). The number of rotatable bonds is 9. The number of nitrogens with one attached hydrogen (secondary N) is 2. The van der Waals surface area contributed by atoms with Crippen LogP contribution < -0.4 is 10.6 Å². The minimum Gasteiger partial charge on any atom is -0.444 e. The molecule has 26 heavy (non-hydrogen) atoms. The van der Waals surface area contributed by atoms with Crippen molar-refractivity contribution >= 4 is 12.0 Å². The van der Waals surface area contributed by atoms with E-state index >= 15 is 0 Å². The molecule has 0 heterocycles. The number of nitrogens with zero attached hydrogens (tertiary/aromatic N) is 1. The minimum absolute atomic E-state index is 0.00380. The Balaban J connectivity index is 2.57. The molecular formula is C20H33N3O3. The lowest BCUT2D eigenvalue weighted by Gasteiger charge is -2.24. The molecule has 0 aromatic heterocycles. The van der Waals surface area contributed by atoms with Gasteiger partial charge in [-0.3, -0.25) is 4.79 Å². The highest BCUT2D eigenvalue weighted by molar-refractivity contribution is 5.76. The van der Waals surface area contributed by atoms with E-state index in [-0.39, 0.29) is 11.9 Å². The molecule has 0 spiro atoms. The van der Waals surface area contributed by atoms with Crippen molar-refractivity contribution in [2.45, 2.75) is 51.7 Å². The number of amides is 2. The van der Waals surface area contributed by atoms with E-state index in [1.54, 1.807) is 0 Å². The molecule has 0 bridgehead atoms. The van der Waals surface area contributed by atoms with Gasteiger partial charge in [-0.1, -0.05) is 30.3 Å². The molecular weight excluding hydrogens is 330 g/mol. The molecule has 6 heteroatoms. The number of ether oxygens (including phenoxy) is 1. The van der Waals surface area contributed by atoms with Crippen LogP contribution in [-0.4, -0.2) is 55.7 Å². The van der Waals surface area contributed by atoms with Crippen LogP contribution >= 0.6 is 0 Å². The highest BCUT2D eigenvalue weighted by atomic mass is 16.6. The van der Waals surface area contributed by atoms with Gasteiger partial charge < -0.3 is 20.3 Å². The number of hydrogen-bond acceptors (Lipinski definition) is 4. The van der Waals surface area contributed by atoms with Crippen LogP contribution in [0.15, 0.2) is 30.3 Å². The zero-order chi connectivity index (χ0) is 19.6. The van der Waals surface area contributed by atoms with E-state index in [1.807, 2.05) is 70.1 Å². The first-order valence-corrected chi connectivity index (χ1v) is 9.10. The summed E-state index contributed by atoms with van der Waals surface area (Å²) in [4.78, 5) is 26.2. The maximum atomic E-state index is 12.1. The Morgan fingerprint density at radius 2 is 1.81 bits per heavy atom. The molecule has 0 saturated heterocycles. The van der Waals surface area contributed by atoms with Gasteiger partial charge in [-0.25, -0.2) is 4.79 Å². The van der Waals surface area contributed by atoms with Gasteiger partial charge in [-0.2, -0.15) is 0 Å². The van der Waals surface area contributed by atoms with Crippen LogP contribution in [0.25, 0.3) is 0 Å². The molecule has 0 unspecified atom stereocenters. The monoisotopic (exact) mass is 363 g/mol. The number of carbonyl (C=O) groups excluding carboxylic acids is 2. The lowest BCUT2D eigenvalue weighted by Crippen LogP contribution is -2.41. The lowest BCUT2D eigenvalue weighted by molar-refractivity contribution is -0.121. The van der Waals surface area contributed by atoms with Crippen LogP contribution in [0.1, 0.15) is 39.2 Å². The number of carbonyl (C=O) groups is 2. The fourth-order valence-electron chi connectivity index (χ4n) is 2.41. The summed E-state index contributed by atoms with van der Waals surface area (Å²) in [5, 5.41) is 5.80. The van der Waals surface area contributed by atoms with Gasteiger partial charge >= 0.3 is 6.09 Å². The third-order valence-electron chi connectivity index (χ3n) is 3.65. The van der Waals surface area contributed by atoms with Crippen LogP contribution in [-0.2, 0) is 16.0 Å². The van der Waals surface area contributed by atoms with E-state index in [1.165, 1.54) is 0 Å². The molecule has 0 saturated carbocycles. The predicted molar refractivity (Wildman–Crippen MR) is 104 cm³/mol. The van der Waals surface area contributed by atoms with Crippen LogP contribution in [0.2, 0.25) is 0 Å². The van der Waals surface area contributed by atoms with E-state index in [0.717, 1.165) is 12.1 Å². The smallest absolute Gasteiger partial charge is 0.407 e. The molecule has 0 radical (unpaired) electrons. The second-order valence-electron chi connectivity index (χ2n) is 7.72. The average molecular weight is 364 g/mol. The molecule has 6 nitrogen and oxygen atoms in total. The molecule has 0 aliphatic heterocycles. The number of likely N-dealkylation sites (N-methyl/N-ethyl adjacent to an activating group) is 1. The average Bonchev–Trinajstić information content (AvgIpc) is 2.51. The van der Waals surface area contributed by atoms with Gasteiger partial charge in [0.15, 0.2) is 0 Å². The quantitative estimate of drug-likeness (QED) is 0.707. The van der Waals surface area contributed by atoms with Crippen molar-refractivity contribution in [3.05, 3.63) is 35.9 Å². The van der Waals surface area contributed by atoms with Crippen molar-refractivity contribution in [1.29, 1.82) is 0 Å². The zero-order valence-corrected chi connectivity index (χ0v) is 16.7. The minimum atomic E-state index is -0.551. The maximum absolute atomic E-state index is 12.1.